The molecule has 0 saturated carbocycles. The monoisotopic (exact) mass is 340 g/mol. The normalized spacial score (nSPS) is 10.2. The van der Waals surface area contributed by atoms with E-state index in [4.69, 9.17) is 0 Å². The number of amides is 2. The predicted molar refractivity (Wildman–Crippen MR) is 83.8 cm³/mol. The van der Waals surface area contributed by atoms with Crippen LogP contribution in [0.15, 0.2) is 22.7 Å². The van der Waals surface area contributed by atoms with E-state index in [1.165, 1.54) is 0 Å². The molecule has 1 rings (SSSR count). The first-order chi connectivity index (χ1) is 9.47. The number of nitrogens with zero attached hydrogens (tertiary/aromatic N) is 1. The Morgan fingerprint density at radius 3 is 2.40 bits per heavy atom. The molecule has 0 atom stereocenters. The maximum atomic E-state index is 12.0. The number of hydrogen-bond acceptors (Lipinski definition) is 2. The summed E-state index contributed by atoms with van der Waals surface area (Å²) in [5.41, 5.74) is 1.62. The van der Waals surface area contributed by atoms with E-state index in [0.29, 0.717) is 31.6 Å². The minimum Gasteiger partial charge on any atom is -0.352 e. The van der Waals surface area contributed by atoms with Crippen molar-refractivity contribution in [3.8, 4) is 0 Å². The second-order valence-electron chi connectivity index (χ2n) is 4.59. The minimum absolute atomic E-state index is 0.0701. The topological polar surface area (TPSA) is 49.4 Å². The van der Waals surface area contributed by atoms with Gasteiger partial charge in [-0.05, 0) is 44.5 Å². The van der Waals surface area contributed by atoms with Crippen molar-refractivity contribution >= 4 is 27.7 Å². The van der Waals surface area contributed by atoms with Gasteiger partial charge in [0.05, 0.1) is 0 Å². The van der Waals surface area contributed by atoms with Gasteiger partial charge in [0.15, 0.2) is 0 Å². The fourth-order valence-corrected chi connectivity index (χ4v) is 2.59. The third-order valence-electron chi connectivity index (χ3n) is 3.04. The molecular weight excluding hydrogens is 320 g/mol. The van der Waals surface area contributed by atoms with Crippen LogP contribution in [0.1, 0.15) is 36.2 Å². The first kappa shape index (κ1) is 16.7. The average Bonchev–Trinajstić information content (AvgIpc) is 2.38. The van der Waals surface area contributed by atoms with Crippen LogP contribution < -0.4 is 5.32 Å². The van der Waals surface area contributed by atoms with E-state index in [2.05, 4.69) is 21.2 Å². The molecule has 20 heavy (non-hydrogen) atoms. The summed E-state index contributed by atoms with van der Waals surface area (Å²) in [5.74, 6) is -0.0810. The second kappa shape index (κ2) is 8.04. The molecular formula is C15H21BrN2O2. The number of benzene rings is 1. The molecule has 0 aliphatic rings. The van der Waals surface area contributed by atoms with Gasteiger partial charge in [0.25, 0.3) is 5.91 Å². The lowest BCUT2D eigenvalue weighted by Gasteiger charge is -2.18. The van der Waals surface area contributed by atoms with Crippen LogP contribution in [-0.4, -0.2) is 36.3 Å². The van der Waals surface area contributed by atoms with Gasteiger partial charge in [0.1, 0.15) is 0 Å². The van der Waals surface area contributed by atoms with Gasteiger partial charge in [0.2, 0.25) is 5.91 Å². The van der Waals surface area contributed by atoms with Gasteiger partial charge in [-0.1, -0.05) is 15.9 Å². The Morgan fingerprint density at radius 2 is 1.85 bits per heavy atom. The lowest BCUT2D eigenvalue weighted by Crippen LogP contribution is -2.34. The van der Waals surface area contributed by atoms with E-state index in [1.807, 2.05) is 32.9 Å². The van der Waals surface area contributed by atoms with Crippen LogP contribution in [0.5, 0.6) is 0 Å². The number of halogens is 1. The zero-order chi connectivity index (χ0) is 15.1. The number of nitrogens with one attached hydrogen (secondary N) is 1. The zero-order valence-corrected chi connectivity index (χ0v) is 13.8. The Kier molecular flexibility index (Phi) is 6.71. The standard InChI is InChI=1S/C15H21BrN2O2/c1-4-18(5-2)14(19)6-7-17-15(20)12-8-11(3)9-13(16)10-12/h8-10H,4-7H2,1-3H3,(H,17,20). The molecule has 0 fully saturated rings. The van der Waals surface area contributed by atoms with Crippen molar-refractivity contribution in [2.45, 2.75) is 27.2 Å². The van der Waals surface area contributed by atoms with Crippen molar-refractivity contribution in [3.63, 3.8) is 0 Å². The van der Waals surface area contributed by atoms with Crippen molar-refractivity contribution in [1.82, 2.24) is 10.2 Å². The first-order valence-electron chi connectivity index (χ1n) is 6.81. The molecule has 0 aliphatic heterocycles. The van der Waals surface area contributed by atoms with Gasteiger partial charge < -0.3 is 10.2 Å². The van der Waals surface area contributed by atoms with Crippen molar-refractivity contribution in [2.24, 2.45) is 0 Å². The molecule has 0 bridgehead atoms. The van der Waals surface area contributed by atoms with E-state index in [1.54, 1.807) is 11.0 Å². The lowest BCUT2D eigenvalue weighted by atomic mass is 10.1. The molecule has 0 heterocycles. The number of carbonyl (C=O) groups excluding carboxylic acids is 2. The predicted octanol–water partition coefficient (Wildman–Crippen LogP) is 2.75. The van der Waals surface area contributed by atoms with Crippen LogP contribution in [0.4, 0.5) is 0 Å². The summed E-state index contributed by atoms with van der Waals surface area (Å²) in [6, 6.07) is 5.54. The highest BCUT2D eigenvalue weighted by molar-refractivity contribution is 9.10. The summed E-state index contributed by atoms with van der Waals surface area (Å²) >= 11 is 3.37. The largest absolute Gasteiger partial charge is 0.352 e. The highest BCUT2D eigenvalue weighted by Gasteiger charge is 2.11. The van der Waals surface area contributed by atoms with E-state index < -0.39 is 0 Å². The van der Waals surface area contributed by atoms with Crippen molar-refractivity contribution < 1.29 is 9.59 Å². The number of aryl methyl sites for hydroxylation is 1. The van der Waals surface area contributed by atoms with Crippen LogP contribution in [0, 0.1) is 6.92 Å². The second-order valence-corrected chi connectivity index (χ2v) is 5.50. The highest BCUT2D eigenvalue weighted by atomic mass is 79.9. The van der Waals surface area contributed by atoms with Crippen LogP contribution >= 0.6 is 15.9 Å². The SMILES string of the molecule is CCN(CC)C(=O)CCNC(=O)c1cc(C)cc(Br)c1. The fraction of sp³-hybridized carbons (Fsp3) is 0.467. The van der Waals surface area contributed by atoms with E-state index in [9.17, 15) is 9.59 Å². The minimum atomic E-state index is -0.151. The Hall–Kier alpha value is -1.36. The quantitative estimate of drug-likeness (QED) is 0.865. The third-order valence-corrected chi connectivity index (χ3v) is 3.50. The van der Waals surface area contributed by atoms with Crippen molar-refractivity contribution in [3.05, 3.63) is 33.8 Å². The Labute approximate surface area is 128 Å². The molecule has 4 nitrogen and oxygen atoms in total. The summed E-state index contributed by atoms with van der Waals surface area (Å²) in [5, 5.41) is 2.78. The molecule has 110 valence electrons. The zero-order valence-electron chi connectivity index (χ0n) is 12.2. The molecule has 0 radical (unpaired) electrons. The van der Waals surface area contributed by atoms with Gasteiger partial charge in [0, 0.05) is 36.1 Å². The van der Waals surface area contributed by atoms with E-state index >= 15 is 0 Å². The fourth-order valence-electron chi connectivity index (χ4n) is 1.99. The van der Waals surface area contributed by atoms with E-state index in [-0.39, 0.29) is 11.8 Å². The lowest BCUT2D eigenvalue weighted by molar-refractivity contribution is -0.130. The first-order valence-corrected chi connectivity index (χ1v) is 7.60. The molecule has 5 heteroatoms. The molecule has 1 N–H and O–H groups in total. The number of rotatable bonds is 6. The summed E-state index contributed by atoms with van der Waals surface area (Å²) < 4.78 is 0.877. The number of carbonyl (C=O) groups is 2. The Morgan fingerprint density at radius 1 is 1.20 bits per heavy atom. The summed E-state index contributed by atoms with van der Waals surface area (Å²) in [6.45, 7) is 7.60. The molecule has 1 aromatic carbocycles. The van der Waals surface area contributed by atoms with Crippen LogP contribution in [0.25, 0.3) is 0 Å². The van der Waals surface area contributed by atoms with Crippen LogP contribution in [-0.2, 0) is 4.79 Å². The van der Waals surface area contributed by atoms with Crippen LogP contribution in [0.2, 0.25) is 0 Å². The van der Waals surface area contributed by atoms with E-state index in [0.717, 1.165) is 10.0 Å². The maximum Gasteiger partial charge on any atom is 0.251 e. The summed E-state index contributed by atoms with van der Waals surface area (Å²) in [6.07, 6.45) is 0.334. The van der Waals surface area contributed by atoms with Gasteiger partial charge in [-0.15, -0.1) is 0 Å². The molecule has 0 unspecified atom stereocenters. The summed E-state index contributed by atoms with van der Waals surface area (Å²) in [4.78, 5) is 25.5. The Bertz CT molecular complexity index is 465. The smallest absolute Gasteiger partial charge is 0.251 e. The van der Waals surface area contributed by atoms with Gasteiger partial charge in [-0.2, -0.15) is 0 Å². The van der Waals surface area contributed by atoms with Crippen LogP contribution in [0.3, 0.4) is 0 Å². The number of hydrogen-bond donors (Lipinski definition) is 1. The molecule has 2 amide bonds. The molecule has 0 aliphatic carbocycles. The highest BCUT2D eigenvalue weighted by Crippen LogP contribution is 2.15. The van der Waals surface area contributed by atoms with Gasteiger partial charge >= 0.3 is 0 Å². The molecule has 1 aromatic rings. The maximum absolute atomic E-state index is 12.0. The average molecular weight is 341 g/mol. The molecule has 0 spiro atoms. The Balaban J connectivity index is 2.49. The van der Waals surface area contributed by atoms with Gasteiger partial charge in [-0.25, -0.2) is 0 Å². The summed E-state index contributed by atoms with van der Waals surface area (Å²) in [7, 11) is 0. The molecule has 0 aromatic heterocycles. The van der Waals surface area contributed by atoms with Crippen molar-refractivity contribution in [1.29, 1.82) is 0 Å². The van der Waals surface area contributed by atoms with Gasteiger partial charge in [-0.3, -0.25) is 9.59 Å². The van der Waals surface area contributed by atoms with Crippen molar-refractivity contribution in [2.75, 3.05) is 19.6 Å². The molecule has 0 saturated heterocycles. The third kappa shape index (κ3) is 4.96.